The lowest BCUT2D eigenvalue weighted by atomic mass is 9.98. The Morgan fingerprint density at radius 1 is 1.11 bits per heavy atom. The first kappa shape index (κ1) is 17.8. The molecule has 0 aliphatic carbocycles. The molecule has 0 aliphatic heterocycles. The van der Waals surface area contributed by atoms with Crippen molar-refractivity contribution in [2.45, 2.75) is 64.7 Å². The fraction of sp³-hybridized carbons (Fsp3) is 1.00. The highest BCUT2D eigenvalue weighted by Gasteiger charge is 2.36. The van der Waals surface area contributed by atoms with E-state index in [1.165, 1.54) is 0 Å². The summed E-state index contributed by atoms with van der Waals surface area (Å²) in [7, 11) is 2.06. The minimum absolute atomic E-state index is 0.128. The third kappa shape index (κ3) is 5.22. The smallest absolute Gasteiger partial charge is 0.126 e. The molecule has 0 aromatic heterocycles. The molecular formula is C14H32NO3+. The molecule has 18 heavy (non-hydrogen) atoms. The second kappa shape index (κ2) is 8.86. The van der Waals surface area contributed by atoms with Crippen molar-refractivity contribution >= 4 is 0 Å². The van der Waals surface area contributed by atoms with E-state index in [-0.39, 0.29) is 18.8 Å². The van der Waals surface area contributed by atoms with Gasteiger partial charge in [-0.15, -0.1) is 0 Å². The van der Waals surface area contributed by atoms with E-state index in [0.717, 1.165) is 32.2 Å². The van der Waals surface area contributed by atoms with Crippen molar-refractivity contribution in [3.63, 3.8) is 0 Å². The zero-order valence-electron chi connectivity index (χ0n) is 12.5. The molecule has 0 spiro atoms. The van der Waals surface area contributed by atoms with Crippen LogP contribution in [0.4, 0.5) is 0 Å². The number of likely N-dealkylation sites (N-methyl/N-ethyl adjacent to an activating group) is 1. The van der Waals surface area contributed by atoms with Gasteiger partial charge in [0.2, 0.25) is 0 Å². The quantitative estimate of drug-likeness (QED) is 0.517. The van der Waals surface area contributed by atoms with Crippen LogP contribution in [0.15, 0.2) is 0 Å². The van der Waals surface area contributed by atoms with Crippen LogP contribution < -0.4 is 0 Å². The Morgan fingerprint density at radius 2 is 1.72 bits per heavy atom. The molecule has 4 unspecified atom stereocenters. The van der Waals surface area contributed by atoms with Crippen molar-refractivity contribution < 1.29 is 19.8 Å². The Hall–Kier alpha value is -0.160. The van der Waals surface area contributed by atoms with Crippen LogP contribution in [0.2, 0.25) is 0 Å². The Morgan fingerprint density at radius 3 is 2.11 bits per heavy atom. The van der Waals surface area contributed by atoms with Gasteiger partial charge in [-0.2, -0.15) is 0 Å². The van der Waals surface area contributed by atoms with Gasteiger partial charge in [-0.25, -0.2) is 0 Å². The third-order valence-electron chi connectivity index (χ3n) is 4.08. The molecule has 4 atom stereocenters. The third-order valence-corrected chi connectivity index (χ3v) is 4.08. The zero-order chi connectivity index (χ0) is 14.2. The molecule has 0 radical (unpaired) electrons. The first-order chi connectivity index (χ1) is 8.45. The van der Waals surface area contributed by atoms with Crippen molar-refractivity contribution in [3.05, 3.63) is 0 Å². The molecule has 4 nitrogen and oxygen atoms in total. The highest BCUT2D eigenvalue weighted by atomic mass is 16.3. The summed E-state index contributed by atoms with van der Waals surface area (Å²) in [5.41, 5.74) is 0. The van der Waals surface area contributed by atoms with Crippen molar-refractivity contribution in [2.24, 2.45) is 0 Å². The van der Waals surface area contributed by atoms with E-state index in [1.54, 1.807) is 0 Å². The molecule has 110 valence electrons. The van der Waals surface area contributed by atoms with Gasteiger partial charge < -0.3 is 19.8 Å². The van der Waals surface area contributed by atoms with Crippen molar-refractivity contribution in [1.82, 2.24) is 0 Å². The maximum atomic E-state index is 10.3. The first-order valence-electron chi connectivity index (χ1n) is 7.26. The second-order valence-electron chi connectivity index (χ2n) is 5.50. The Labute approximate surface area is 112 Å². The zero-order valence-corrected chi connectivity index (χ0v) is 12.5. The summed E-state index contributed by atoms with van der Waals surface area (Å²) < 4.78 is 0.614. The lowest BCUT2D eigenvalue weighted by Crippen LogP contribution is -2.60. The number of aliphatic hydroxyl groups is 3. The van der Waals surface area contributed by atoms with Gasteiger partial charge in [0, 0.05) is 0 Å². The van der Waals surface area contributed by atoms with Crippen LogP contribution >= 0.6 is 0 Å². The van der Waals surface area contributed by atoms with Gasteiger partial charge in [0.05, 0.1) is 20.2 Å². The Kier molecular flexibility index (Phi) is 8.78. The topological polar surface area (TPSA) is 60.7 Å². The number of hydrogen-bond acceptors (Lipinski definition) is 3. The molecule has 0 bridgehead atoms. The summed E-state index contributed by atoms with van der Waals surface area (Å²) in [4.78, 5) is 0. The van der Waals surface area contributed by atoms with Crippen LogP contribution in [-0.4, -0.2) is 64.8 Å². The number of unbranched alkanes of at least 4 members (excludes halogenated alkanes) is 1. The number of quaternary nitrogens is 1. The molecule has 0 aromatic carbocycles. The Balaban J connectivity index is 4.72. The molecule has 0 rings (SSSR count). The van der Waals surface area contributed by atoms with E-state index in [1.807, 2.05) is 0 Å². The van der Waals surface area contributed by atoms with E-state index in [0.29, 0.717) is 11.0 Å². The minimum atomic E-state index is -0.706. The molecule has 0 amide bonds. The van der Waals surface area contributed by atoms with E-state index in [4.69, 9.17) is 5.11 Å². The molecule has 0 heterocycles. The number of aliphatic hydroxyl groups excluding tert-OH is 3. The van der Waals surface area contributed by atoms with E-state index in [2.05, 4.69) is 27.8 Å². The highest BCUT2D eigenvalue weighted by molar-refractivity contribution is 4.70. The summed E-state index contributed by atoms with van der Waals surface area (Å²) in [6.07, 6.45) is 2.78. The summed E-state index contributed by atoms with van der Waals surface area (Å²) in [6, 6.07) is 0.128. The van der Waals surface area contributed by atoms with Crippen molar-refractivity contribution in [3.8, 4) is 0 Å². The predicted molar refractivity (Wildman–Crippen MR) is 74.3 cm³/mol. The largest absolute Gasteiger partial charge is 0.393 e. The van der Waals surface area contributed by atoms with Crippen LogP contribution in [0.25, 0.3) is 0 Å². The molecule has 0 aliphatic rings. The van der Waals surface area contributed by atoms with Crippen LogP contribution in [0.3, 0.4) is 0 Å². The van der Waals surface area contributed by atoms with Crippen LogP contribution in [0, 0.1) is 0 Å². The summed E-state index contributed by atoms with van der Waals surface area (Å²) >= 11 is 0. The molecule has 4 heteroatoms. The second-order valence-corrected chi connectivity index (χ2v) is 5.50. The van der Waals surface area contributed by atoms with Crippen LogP contribution in [-0.2, 0) is 0 Å². The highest BCUT2D eigenvalue weighted by Crippen LogP contribution is 2.21. The van der Waals surface area contributed by atoms with E-state index < -0.39 is 6.10 Å². The van der Waals surface area contributed by atoms with Gasteiger partial charge in [0.1, 0.15) is 24.8 Å². The molecule has 3 N–H and O–H groups in total. The maximum absolute atomic E-state index is 10.3. The standard InChI is InChI=1S/C14H32NO3/c1-5-8-9-14(18)13(6-2)15(4,7-3)10-12(17)11-16/h12-14,16-18H,5-11H2,1-4H3/q+1. The van der Waals surface area contributed by atoms with Crippen LogP contribution in [0.5, 0.6) is 0 Å². The fourth-order valence-electron chi connectivity index (χ4n) is 2.77. The van der Waals surface area contributed by atoms with Gasteiger partial charge in [0.15, 0.2) is 0 Å². The number of rotatable bonds is 10. The maximum Gasteiger partial charge on any atom is 0.126 e. The van der Waals surface area contributed by atoms with E-state index >= 15 is 0 Å². The average molecular weight is 262 g/mol. The van der Waals surface area contributed by atoms with Gasteiger partial charge in [0.25, 0.3) is 0 Å². The van der Waals surface area contributed by atoms with E-state index in [9.17, 15) is 10.2 Å². The lowest BCUT2D eigenvalue weighted by molar-refractivity contribution is -0.938. The van der Waals surface area contributed by atoms with Gasteiger partial charge in [-0.3, -0.25) is 0 Å². The summed E-state index contributed by atoms with van der Waals surface area (Å²) in [5.74, 6) is 0. The lowest BCUT2D eigenvalue weighted by Gasteiger charge is -2.43. The van der Waals surface area contributed by atoms with Crippen LogP contribution in [0.1, 0.15) is 46.5 Å². The van der Waals surface area contributed by atoms with Crippen molar-refractivity contribution in [1.29, 1.82) is 0 Å². The fourth-order valence-corrected chi connectivity index (χ4v) is 2.77. The van der Waals surface area contributed by atoms with Gasteiger partial charge in [-0.05, 0) is 19.8 Å². The minimum Gasteiger partial charge on any atom is -0.393 e. The normalized spacial score (nSPS) is 20.2. The summed E-state index contributed by atoms with van der Waals surface area (Å²) in [6.45, 7) is 7.40. The summed E-state index contributed by atoms with van der Waals surface area (Å²) in [5, 5.41) is 29.0. The van der Waals surface area contributed by atoms with Gasteiger partial charge in [-0.1, -0.05) is 26.7 Å². The number of hydrogen-bond donors (Lipinski definition) is 3. The SMILES string of the molecule is CCCCC(O)C(CC)[N+](C)(CC)CC(O)CO. The molecule has 0 fully saturated rings. The van der Waals surface area contributed by atoms with Gasteiger partial charge >= 0.3 is 0 Å². The first-order valence-corrected chi connectivity index (χ1v) is 7.26. The predicted octanol–water partition coefficient (Wildman–Crippen LogP) is 1.14. The monoisotopic (exact) mass is 262 g/mol. The Bertz CT molecular complexity index is 213. The number of nitrogens with zero attached hydrogens (tertiary/aromatic N) is 1. The average Bonchev–Trinajstić information content (AvgIpc) is 2.36. The molecule has 0 aromatic rings. The van der Waals surface area contributed by atoms with Crippen molar-refractivity contribution in [2.75, 3.05) is 26.7 Å². The molecular weight excluding hydrogens is 230 g/mol. The molecule has 0 saturated heterocycles. The molecule has 0 saturated carbocycles.